The predicted octanol–water partition coefficient (Wildman–Crippen LogP) is 12.8. The molecule has 0 aliphatic rings. The zero-order valence-electron chi connectivity index (χ0n) is 30.6. The summed E-state index contributed by atoms with van der Waals surface area (Å²) < 4.78 is 19.0. The van der Waals surface area contributed by atoms with E-state index in [4.69, 9.17) is 9.47 Å². The van der Waals surface area contributed by atoms with Gasteiger partial charge in [-0.3, -0.25) is 0 Å². The van der Waals surface area contributed by atoms with Crippen LogP contribution in [0.3, 0.4) is 0 Å². The molecule has 0 aromatic carbocycles. The minimum Gasteiger partial charge on any atom is -0.396 e. The fourth-order valence-corrected chi connectivity index (χ4v) is 9.72. The number of ether oxygens (including phenoxy) is 3. The third-order valence-electron chi connectivity index (χ3n) is 9.01. The van der Waals surface area contributed by atoms with Crippen LogP contribution in [0.2, 0.25) is 0 Å². The van der Waals surface area contributed by atoms with Crippen molar-refractivity contribution in [3.63, 3.8) is 0 Å². The highest BCUT2D eigenvalue weighted by Crippen LogP contribution is 2.44. The Hall–Kier alpha value is -1.10. The van der Waals surface area contributed by atoms with E-state index in [1.54, 1.807) is 7.11 Å². The number of methoxy groups -OCH3 is 1. The quantitative estimate of drug-likeness (QED) is 0.0728. The SMILES string of the molecule is CCC(C)COCCCCCCc1ccc(-c2cc3sc(-c4ccc(CCCCCCOCC(C)(CC)CO)s4)cc3s2)s1.CCOC. The van der Waals surface area contributed by atoms with Crippen LogP contribution < -0.4 is 0 Å². The molecule has 0 spiro atoms. The number of fused-ring (bicyclic) bond motifs is 1. The van der Waals surface area contributed by atoms with Crippen LogP contribution in [0.5, 0.6) is 0 Å². The minimum absolute atomic E-state index is 0.0897. The lowest BCUT2D eigenvalue weighted by atomic mass is 9.90. The van der Waals surface area contributed by atoms with E-state index >= 15 is 0 Å². The maximum Gasteiger partial charge on any atom is 0.0541 e. The summed E-state index contributed by atoms with van der Waals surface area (Å²) in [5, 5.41) is 9.50. The molecule has 4 aromatic heterocycles. The number of aliphatic hydroxyl groups excluding tert-OH is 1. The van der Waals surface area contributed by atoms with Crippen molar-refractivity contribution in [1.29, 1.82) is 0 Å². The van der Waals surface area contributed by atoms with Gasteiger partial charge in [-0.25, -0.2) is 0 Å². The highest BCUT2D eigenvalue weighted by atomic mass is 32.1. The number of aliphatic hydroxyl groups is 1. The minimum atomic E-state index is -0.0897. The number of unbranched alkanes of at least 4 members (excludes halogenated alkanes) is 6. The van der Waals surface area contributed by atoms with Crippen LogP contribution in [-0.4, -0.2) is 51.9 Å². The van der Waals surface area contributed by atoms with E-state index in [9.17, 15) is 5.11 Å². The number of hydrogen-bond donors (Lipinski definition) is 1. The molecule has 2 unspecified atom stereocenters. The van der Waals surface area contributed by atoms with Crippen LogP contribution in [0.4, 0.5) is 0 Å². The van der Waals surface area contributed by atoms with Gasteiger partial charge in [-0.05, 0) is 94.2 Å². The summed E-state index contributed by atoms with van der Waals surface area (Å²) in [6.45, 7) is 15.0. The zero-order valence-corrected chi connectivity index (χ0v) is 33.8. The largest absolute Gasteiger partial charge is 0.396 e. The molecule has 4 heterocycles. The van der Waals surface area contributed by atoms with Crippen LogP contribution in [0.1, 0.15) is 109 Å². The van der Waals surface area contributed by atoms with Crippen LogP contribution >= 0.6 is 45.3 Å². The molecule has 270 valence electrons. The highest BCUT2D eigenvalue weighted by Gasteiger charge is 2.21. The number of thiophene rings is 4. The molecule has 4 nitrogen and oxygen atoms in total. The second-order valence-corrected chi connectivity index (χ2v) is 17.9. The molecule has 0 aliphatic heterocycles. The maximum absolute atomic E-state index is 9.50. The molecule has 4 rings (SSSR count). The molecule has 0 amide bonds. The van der Waals surface area contributed by atoms with E-state index in [0.717, 1.165) is 39.3 Å². The molecule has 2 atom stereocenters. The van der Waals surface area contributed by atoms with Crippen molar-refractivity contribution in [2.45, 2.75) is 112 Å². The van der Waals surface area contributed by atoms with E-state index < -0.39 is 0 Å². The Morgan fingerprint density at radius 2 is 1.19 bits per heavy atom. The summed E-state index contributed by atoms with van der Waals surface area (Å²) in [6.07, 6.45) is 14.4. The summed E-state index contributed by atoms with van der Waals surface area (Å²) in [5.74, 6) is 0.684. The summed E-state index contributed by atoms with van der Waals surface area (Å²) in [6, 6.07) is 14.1. The molecule has 0 saturated carbocycles. The molecular weight excluding hydrogens is 673 g/mol. The van der Waals surface area contributed by atoms with Crippen molar-refractivity contribution >= 4 is 54.7 Å². The normalized spacial score (nSPS) is 13.5. The molecular formula is C40H62O4S4. The van der Waals surface area contributed by atoms with E-state index in [2.05, 4.69) is 68.8 Å². The number of hydrogen-bond acceptors (Lipinski definition) is 8. The van der Waals surface area contributed by atoms with E-state index in [0.29, 0.717) is 12.5 Å². The molecule has 0 radical (unpaired) electrons. The van der Waals surface area contributed by atoms with Crippen LogP contribution in [-0.2, 0) is 27.1 Å². The van der Waals surface area contributed by atoms with Gasteiger partial charge < -0.3 is 19.3 Å². The highest BCUT2D eigenvalue weighted by molar-refractivity contribution is 7.33. The average molecular weight is 735 g/mol. The standard InChI is InChI=1S/C37H54O3S4.C3H8O/c1-5-28(3)25-39-21-13-9-7-11-15-29-17-19-31(41-29)33-23-35-36(43-33)24-34(44-35)32-20-18-30(42-32)16-12-8-10-14-22-40-27-37(4,6-2)26-38;1-3-4-2/h17-20,23-24,28,38H,5-16,21-22,25-27H2,1-4H3;3H2,1-2H3. The first-order valence-electron chi connectivity index (χ1n) is 18.3. The van der Waals surface area contributed by atoms with Gasteiger partial charge >= 0.3 is 0 Å². The van der Waals surface area contributed by atoms with Crippen LogP contribution in [0.25, 0.3) is 28.9 Å². The Bertz CT molecular complexity index is 1350. The fraction of sp³-hybridized carbons (Fsp3) is 0.650. The van der Waals surface area contributed by atoms with Gasteiger partial charge in [-0.2, -0.15) is 0 Å². The van der Waals surface area contributed by atoms with Crippen molar-refractivity contribution < 1.29 is 19.3 Å². The van der Waals surface area contributed by atoms with Crippen LogP contribution in [0, 0.1) is 11.3 Å². The van der Waals surface area contributed by atoms with Gasteiger partial charge in [0.2, 0.25) is 0 Å². The lowest BCUT2D eigenvalue weighted by molar-refractivity contribution is 0.0137. The first kappa shape index (κ1) is 41.3. The Morgan fingerprint density at radius 1 is 0.688 bits per heavy atom. The lowest BCUT2D eigenvalue weighted by Crippen LogP contribution is -2.26. The van der Waals surface area contributed by atoms with Gasteiger partial charge in [-0.15, -0.1) is 45.3 Å². The van der Waals surface area contributed by atoms with Gasteiger partial charge in [0.05, 0.1) is 13.2 Å². The van der Waals surface area contributed by atoms with Crippen LogP contribution in [0.15, 0.2) is 36.4 Å². The van der Waals surface area contributed by atoms with Crippen molar-refractivity contribution in [3.8, 4) is 19.5 Å². The smallest absolute Gasteiger partial charge is 0.0541 e. The topological polar surface area (TPSA) is 47.9 Å². The summed E-state index contributed by atoms with van der Waals surface area (Å²) >= 11 is 7.84. The van der Waals surface area contributed by atoms with Gasteiger partial charge in [0.25, 0.3) is 0 Å². The summed E-state index contributed by atoms with van der Waals surface area (Å²) in [4.78, 5) is 8.66. The number of aryl methyl sites for hydroxylation is 2. The van der Waals surface area contributed by atoms with Crippen molar-refractivity contribution in [2.75, 3.05) is 46.8 Å². The average Bonchev–Trinajstić information content (AvgIpc) is 3.91. The monoisotopic (exact) mass is 734 g/mol. The van der Waals surface area contributed by atoms with E-state index in [-0.39, 0.29) is 12.0 Å². The molecule has 4 aromatic rings. The Morgan fingerprint density at radius 3 is 1.65 bits per heavy atom. The van der Waals surface area contributed by atoms with Crippen molar-refractivity contribution in [1.82, 2.24) is 0 Å². The van der Waals surface area contributed by atoms with Gasteiger partial charge in [0.1, 0.15) is 0 Å². The van der Waals surface area contributed by atoms with Crippen molar-refractivity contribution in [2.24, 2.45) is 11.3 Å². The Kier molecular flexibility index (Phi) is 20.1. The molecule has 8 heteroatoms. The molecule has 0 fully saturated rings. The Labute approximate surface area is 307 Å². The molecule has 0 bridgehead atoms. The first-order chi connectivity index (χ1) is 23.3. The molecule has 1 N–H and O–H groups in total. The summed E-state index contributed by atoms with van der Waals surface area (Å²) in [7, 11) is 1.68. The second kappa shape index (κ2) is 23.4. The first-order valence-corrected chi connectivity index (χ1v) is 21.6. The van der Waals surface area contributed by atoms with Crippen molar-refractivity contribution in [3.05, 3.63) is 46.2 Å². The lowest BCUT2D eigenvalue weighted by Gasteiger charge is -2.25. The molecule has 48 heavy (non-hydrogen) atoms. The summed E-state index contributed by atoms with van der Waals surface area (Å²) in [5.41, 5.74) is -0.0897. The maximum atomic E-state index is 9.50. The third kappa shape index (κ3) is 14.6. The third-order valence-corrected chi connectivity index (χ3v) is 14.0. The van der Waals surface area contributed by atoms with Gasteiger partial charge in [0, 0.05) is 77.6 Å². The Balaban J connectivity index is 0.00000148. The number of rotatable bonds is 24. The second-order valence-electron chi connectivity index (χ2n) is 13.4. The molecule has 0 aliphatic carbocycles. The zero-order chi connectivity index (χ0) is 34.6. The van der Waals surface area contributed by atoms with Gasteiger partial charge in [-0.1, -0.05) is 59.8 Å². The fourth-order valence-electron chi connectivity index (χ4n) is 5.06. The van der Waals surface area contributed by atoms with E-state index in [1.807, 2.05) is 52.3 Å². The van der Waals surface area contributed by atoms with E-state index in [1.165, 1.54) is 103 Å². The predicted molar refractivity (Wildman–Crippen MR) is 215 cm³/mol. The molecule has 0 saturated heterocycles. The van der Waals surface area contributed by atoms with Gasteiger partial charge in [0.15, 0.2) is 0 Å².